The van der Waals surface area contributed by atoms with Crippen LogP contribution in [0, 0.1) is 5.92 Å². The molecule has 3 saturated heterocycles. The van der Waals surface area contributed by atoms with Crippen molar-refractivity contribution in [1.82, 2.24) is 4.90 Å². The maximum absolute atomic E-state index is 13.2. The van der Waals surface area contributed by atoms with Gasteiger partial charge in [0.2, 0.25) is 0 Å². The number of hydrogen-bond donors (Lipinski definition) is 0. The number of anilines is 1. The molecule has 0 saturated carbocycles. The summed E-state index contributed by atoms with van der Waals surface area (Å²) < 4.78 is 32.2. The summed E-state index contributed by atoms with van der Waals surface area (Å²) >= 11 is 0.982. The van der Waals surface area contributed by atoms with Gasteiger partial charge in [-0.2, -0.15) is 0 Å². The fourth-order valence-corrected chi connectivity index (χ4v) is 4.89. The third kappa shape index (κ3) is 4.46. The van der Waals surface area contributed by atoms with E-state index in [1.54, 1.807) is 12.1 Å². The number of ether oxygens (including phenoxy) is 1. The number of piperidine rings is 3. The fourth-order valence-electron chi connectivity index (χ4n) is 4.06. The first-order valence-corrected chi connectivity index (χ1v) is 10.6. The molecule has 3 aliphatic rings. The Balaban J connectivity index is 1.58. The minimum atomic E-state index is -2.67. The Labute approximate surface area is 176 Å². The number of carbonyl (C=O) groups excluding carboxylic acids is 2. The van der Waals surface area contributed by atoms with Gasteiger partial charge < -0.3 is 14.6 Å². The molecule has 3 fully saturated rings. The van der Waals surface area contributed by atoms with E-state index >= 15 is 0 Å². The van der Waals surface area contributed by atoms with Gasteiger partial charge in [-0.25, -0.2) is 13.6 Å². The Hall–Kier alpha value is -2.52. The minimum Gasteiger partial charge on any atom is -0.544 e. The smallest absolute Gasteiger partial charge is 0.414 e. The van der Waals surface area contributed by atoms with E-state index in [1.807, 2.05) is 0 Å². The first kappa shape index (κ1) is 20.7. The Bertz CT molecular complexity index is 927. The average Bonchev–Trinajstić information content (AvgIpc) is 3.22. The van der Waals surface area contributed by atoms with Crippen molar-refractivity contribution in [2.45, 2.75) is 31.9 Å². The largest absolute Gasteiger partial charge is 0.544 e. The molecule has 0 aliphatic carbocycles. The number of fused-ring (bicyclic) bond motifs is 3. The zero-order valence-electron chi connectivity index (χ0n) is 16.1. The van der Waals surface area contributed by atoms with Gasteiger partial charge in [-0.05, 0) is 56.1 Å². The lowest BCUT2D eigenvalue weighted by Crippen LogP contribution is -2.53. The molecule has 160 valence electrons. The van der Waals surface area contributed by atoms with Crippen LogP contribution in [0.2, 0.25) is 0 Å². The molecule has 2 aromatic rings. The van der Waals surface area contributed by atoms with Crippen LogP contribution >= 0.6 is 11.3 Å². The molecule has 0 spiro atoms. The van der Waals surface area contributed by atoms with Gasteiger partial charge in [0, 0.05) is 22.7 Å². The van der Waals surface area contributed by atoms with Crippen LogP contribution in [0.15, 0.2) is 36.4 Å². The quantitative estimate of drug-likeness (QED) is 0.696. The van der Waals surface area contributed by atoms with E-state index in [9.17, 15) is 23.5 Å². The Morgan fingerprint density at radius 2 is 2.00 bits per heavy atom. The molecule has 6 nitrogen and oxygen atoms in total. The topological polar surface area (TPSA) is 72.9 Å². The van der Waals surface area contributed by atoms with Crippen molar-refractivity contribution in [3.8, 4) is 0 Å². The van der Waals surface area contributed by atoms with Crippen LogP contribution < -0.4 is 10.0 Å². The van der Waals surface area contributed by atoms with Crippen LogP contribution in [0.3, 0.4) is 0 Å². The van der Waals surface area contributed by atoms with E-state index in [4.69, 9.17) is 4.74 Å². The van der Waals surface area contributed by atoms with Crippen molar-refractivity contribution in [1.29, 1.82) is 0 Å². The van der Waals surface area contributed by atoms with Crippen LogP contribution in [-0.2, 0) is 11.3 Å². The maximum atomic E-state index is 13.2. The molecule has 3 aliphatic heterocycles. The molecule has 0 N–H and O–H groups in total. The fraction of sp³-hybridized carbons (Fsp3) is 0.429. The van der Waals surface area contributed by atoms with Gasteiger partial charge in [-0.3, -0.25) is 9.80 Å². The van der Waals surface area contributed by atoms with E-state index < -0.39 is 18.5 Å². The summed E-state index contributed by atoms with van der Waals surface area (Å²) in [5.41, 5.74) is 0.0808. The summed E-state index contributed by atoms with van der Waals surface area (Å²) in [6.07, 6.45) is -1.58. The van der Waals surface area contributed by atoms with E-state index in [-0.39, 0.29) is 28.8 Å². The number of halogens is 2. The summed E-state index contributed by atoms with van der Waals surface area (Å²) in [5.74, 6) is -0.994. The lowest BCUT2D eigenvalue weighted by Gasteiger charge is -2.44. The first-order valence-electron chi connectivity index (χ1n) is 9.79. The summed E-state index contributed by atoms with van der Waals surface area (Å²) in [5, 5.41) is 11.1. The maximum Gasteiger partial charge on any atom is 0.414 e. The van der Waals surface area contributed by atoms with Gasteiger partial charge in [0.1, 0.15) is 6.10 Å². The second-order valence-electron chi connectivity index (χ2n) is 7.60. The van der Waals surface area contributed by atoms with E-state index in [0.29, 0.717) is 17.3 Å². The monoisotopic (exact) mass is 435 g/mol. The Morgan fingerprint density at radius 1 is 1.23 bits per heavy atom. The standard InChI is InChI=1S/C21H22F2N2O4S/c22-19(23)14-2-1-3-15(10-14)25(11-16-4-5-18(30-16)20(26)27)21(28)29-17-12-24-8-6-13(17)7-9-24/h1-5,10,13,17,19H,6-9,11-12H2,(H,26,27)/p-1/t17-/m0/s1. The second kappa shape index (κ2) is 8.69. The van der Waals surface area contributed by atoms with Crippen molar-refractivity contribution < 1.29 is 28.2 Å². The molecule has 1 aromatic carbocycles. The zero-order chi connectivity index (χ0) is 21.3. The number of carboxylic acids is 1. The first-order chi connectivity index (χ1) is 14.4. The van der Waals surface area contributed by atoms with Crippen LogP contribution in [0.4, 0.5) is 19.3 Å². The Morgan fingerprint density at radius 3 is 2.60 bits per heavy atom. The molecule has 1 amide bonds. The van der Waals surface area contributed by atoms with Crippen LogP contribution in [-0.4, -0.2) is 42.7 Å². The van der Waals surface area contributed by atoms with Crippen LogP contribution in [0.1, 0.15) is 39.4 Å². The number of benzene rings is 1. The lowest BCUT2D eigenvalue weighted by molar-refractivity contribution is -0.254. The molecule has 5 rings (SSSR count). The molecule has 30 heavy (non-hydrogen) atoms. The summed E-state index contributed by atoms with van der Waals surface area (Å²) in [4.78, 5) is 28.3. The zero-order valence-corrected chi connectivity index (χ0v) is 16.9. The molecule has 0 unspecified atom stereocenters. The predicted molar refractivity (Wildman–Crippen MR) is 106 cm³/mol. The molecular formula is C21H21F2N2O4S-. The molecular weight excluding hydrogens is 414 g/mol. The predicted octanol–water partition coefficient (Wildman–Crippen LogP) is 3.29. The molecule has 0 radical (unpaired) electrons. The number of aromatic carboxylic acids is 1. The molecule has 9 heteroatoms. The average molecular weight is 435 g/mol. The highest BCUT2D eigenvalue weighted by molar-refractivity contribution is 7.13. The van der Waals surface area contributed by atoms with Crippen molar-refractivity contribution in [3.63, 3.8) is 0 Å². The van der Waals surface area contributed by atoms with Gasteiger partial charge in [0.05, 0.1) is 17.4 Å². The number of hydrogen-bond acceptors (Lipinski definition) is 6. The van der Waals surface area contributed by atoms with Gasteiger partial charge in [-0.1, -0.05) is 12.1 Å². The van der Waals surface area contributed by atoms with Gasteiger partial charge in [0.25, 0.3) is 6.43 Å². The van der Waals surface area contributed by atoms with Crippen molar-refractivity contribution in [2.24, 2.45) is 5.92 Å². The molecule has 1 aromatic heterocycles. The number of amides is 1. The SMILES string of the molecule is O=C([O-])c1ccc(CN(C(=O)O[C@H]2CN3CCC2CC3)c2cccc(C(F)F)c2)s1. The number of carboxylic acid groups (broad SMARTS) is 1. The highest BCUT2D eigenvalue weighted by Crippen LogP contribution is 2.32. The van der Waals surface area contributed by atoms with Gasteiger partial charge in [0.15, 0.2) is 0 Å². The molecule has 1 atom stereocenters. The second-order valence-corrected chi connectivity index (χ2v) is 8.76. The summed E-state index contributed by atoms with van der Waals surface area (Å²) in [6, 6.07) is 8.58. The molecule has 4 heterocycles. The number of thiophene rings is 1. The van der Waals surface area contributed by atoms with Gasteiger partial charge in [-0.15, -0.1) is 11.3 Å². The molecule has 2 bridgehead atoms. The van der Waals surface area contributed by atoms with Gasteiger partial charge >= 0.3 is 6.09 Å². The highest BCUT2D eigenvalue weighted by atomic mass is 32.1. The summed E-state index contributed by atoms with van der Waals surface area (Å²) in [6.45, 7) is 2.69. The van der Waals surface area contributed by atoms with Crippen molar-refractivity contribution >= 4 is 29.1 Å². The van der Waals surface area contributed by atoms with E-state index in [0.717, 1.165) is 37.3 Å². The van der Waals surface area contributed by atoms with Crippen molar-refractivity contribution in [2.75, 3.05) is 24.5 Å². The number of nitrogens with zero attached hydrogens (tertiary/aromatic N) is 2. The van der Waals surface area contributed by atoms with Crippen molar-refractivity contribution in [3.05, 3.63) is 51.7 Å². The highest BCUT2D eigenvalue weighted by Gasteiger charge is 2.37. The third-order valence-corrected chi connectivity index (χ3v) is 6.73. The minimum absolute atomic E-state index is 0.0184. The van der Waals surface area contributed by atoms with Crippen LogP contribution in [0.25, 0.3) is 0 Å². The van der Waals surface area contributed by atoms with Crippen LogP contribution in [0.5, 0.6) is 0 Å². The third-order valence-electron chi connectivity index (χ3n) is 5.68. The summed E-state index contributed by atoms with van der Waals surface area (Å²) in [7, 11) is 0. The lowest BCUT2D eigenvalue weighted by atomic mass is 9.86. The normalized spacial score (nSPS) is 22.8. The van der Waals surface area contributed by atoms with E-state index in [1.165, 1.54) is 29.2 Å². The number of alkyl halides is 2. The number of carbonyl (C=O) groups is 2. The Kier molecular flexibility index (Phi) is 6.01. The van der Waals surface area contributed by atoms with E-state index in [2.05, 4.69) is 4.90 Å². The number of rotatable bonds is 6.